The first-order valence-corrected chi connectivity index (χ1v) is 10.1. The van der Waals surface area contributed by atoms with Crippen LogP contribution in [0.5, 0.6) is 5.75 Å². The lowest BCUT2D eigenvalue weighted by Crippen LogP contribution is -2.54. The van der Waals surface area contributed by atoms with Gasteiger partial charge >= 0.3 is 6.03 Å². The standard InChI is InChI=1S/C22H24N4O5/c1-3-30-16-6-4-15(5-7-16)26-21(28)18(20(27)23-22(26)29)14-17-8-9-19(31-17)25-12-10-24(2)11-13-25/h4-9,14H,3,10-13H2,1-2H3,(H,23,27,29). The third-order valence-electron chi connectivity index (χ3n) is 5.22. The van der Waals surface area contributed by atoms with E-state index in [2.05, 4.69) is 22.2 Å². The number of barbiturate groups is 1. The van der Waals surface area contributed by atoms with Crippen LogP contribution in [0.1, 0.15) is 12.7 Å². The summed E-state index contributed by atoms with van der Waals surface area (Å²) in [7, 11) is 2.07. The van der Waals surface area contributed by atoms with Crippen molar-refractivity contribution in [1.29, 1.82) is 0 Å². The van der Waals surface area contributed by atoms with E-state index in [0.29, 0.717) is 29.7 Å². The van der Waals surface area contributed by atoms with Crippen LogP contribution in [0.2, 0.25) is 0 Å². The number of ether oxygens (including phenoxy) is 1. The smallest absolute Gasteiger partial charge is 0.335 e. The molecule has 4 rings (SSSR count). The zero-order valence-corrected chi connectivity index (χ0v) is 17.5. The van der Waals surface area contributed by atoms with Crippen LogP contribution in [-0.4, -0.2) is 62.6 Å². The second-order valence-electron chi connectivity index (χ2n) is 7.35. The van der Waals surface area contributed by atoms with Gasteiger partial charge in [0.15, 0.2) is 5.88 Å². The number of carbonyl (C=O) groups excluding carboxylic acids is 3. The van der Waals surface area contributed by atoms with E-state index >= 15 is 0 Å². The fourth-order valence-electron chi connectivity index (χ4n) is 3.51. The SMILES string of the molecule is CCOc1ccc(N2C(=O)NC(=O)C(=Cc3ccc(N4CCN(C)CC4)o3)C2=O)cc1. The van der Waals surface area contributed by atoms with Crippen LogP contribution in [0.25, 0.3) is 6.08 Å². The molecule has 0 atom stereocenters. The second kappa shape index (κ2) is 8.65. The van der Waals surface area contributed by atoms with Gasteiger partial charge < -0.3 is 19.0 Å². The Hall–Kier alpha value is -3.59. The minimum Gasteiger partial charge on any atom is -0.494 e. The number of amides is 4. The number of furan rings is 1. The number of carbonyl (C=O) groups is 3. The van der Waals surface area contributed by atoms with Gasteiger partial charge in [-0.15, -0.1) is 0 Å². The fraction of sp³-hybridized carbons (Fsp3) is 0.318. The molecule has 0 aliphatic carbocycles. The zero-order valence-electron chi connectivity index (χ0n) is 17.5. The first-order valence-electron chi connectivity index (χ1n) is 10.1. The summed E-state index contributed by atoms with van der Waals surface area (Å²) >= 11 is 0. The first-order chi connectivity index (χ1) is 15.0. The summed E-state index contributed by atoms with van der Waals surface area (Å²) in [4.78, 5) is 43.0. The van der Waals surface area contributed by atoms with Gasteiger partial charge in [-0.05, 0) is 50.4 Å². The molecule has 2 fully saturated rings. The molecule has 9 heteroatoms. The second-order valence-corrected chi connectivity index (χ2v) is 7.35. The molecule has 2 aliphatic heterocycles. The highest BCUT2D eigenvalue weighted by atomic mass is 16.5. The van der Waals surface area contributed by atoms with E-state index in [4.69, 9.17) is 9.15 Å². The van der Waals surface area contributed by atoms with Gasteiger partial charge in [-0.25, -0.2) is 9.69 Å². The Kier molecular flexibility index (Phi) is 5.77. The number of anilines is 2. The van der Waals surface area contributed by atoms with Gasteiger partial charge in [0.2, 0.25) is 0 Å². The molecule has 31 heavy (non-hydrogen) atoms. The Morgan fingerprint density at radius 1 is 1.03 bits per heavy atom. The third-order valence-corrected chi connectivity index (χ3v) is 5.22. The maximum absolute atomic E-state index is 13.0. The van der Waals surface area contributed by atoms with Gasteiger partial charge in [-0.3, -0.25) is 14.9 Å². The van der Waals surface area contributed by atoms with Crippen molar-refractivity contribution in [2.75, 3.05) is 49.6 Å². The molecule has 2 aromatic rings. The summed E-state index contributed by atoms with van der Waals surface area (Å²) in [5.74, 6) is 0.205. The van der Waals surface area contributed by atoms with E-state index in [-0.39, 0.29) is 5.57 Å². The molecule has 2 saturated heterocycles. The summed E-state index contributed by atoms with van der Waals surface area (Å²) in [5.41, 5.74) is 0.162. The number of rotatable bonds is 5. The monoisotopic (exact) mass is 424 g/mol. The minimum absolute atomic E-state index is 0.173. The Bertz CT molecular complexity index is 1020. The molecular weight excluding hydrogens is 400 g/mol. The molecule has 0 radical (unpaired) electrons. The Morgan fingerprint density at radius 3 is 2.42 bits per heavy atom. The highest BCUT2D eigenvalue weighted by molar-refractivity contribution is 6.39. The maximum atomic E-state index is 13.0. The van der Waals surface area contributed by atoms with Crippen molar-refractivity contribution in [3.05, 3.63) is 47.7 Å². The normalized spacial score (nSPS) is 19.2. The van der Waals surface area contributed by atoms with Crippen LogP contribution in [-0.2, 0) is 9.59 Å². The predicted octanol–water partition coefficient (Wildman–Crippen LogP) is 2.10. The molecule has 1 aromatic carbocycles. The van der Waals surface area contributed by atoms with Crippen LogP contribution < -0.4 is 19.9 Å². The lowest BCUT2D eigenvalue weighted by atomic mass is 10.1. The van der Waals surface area contributed by atoms with Gasteiger partial charge in [0.25, 0.3) is 11.8 Å². The molecule has 0 unspecified atom stereocenters. The van der Waals surface area contributed by atoms with Crippen LogP contribution in [0.15, 0.2) is 46.4 Å². The molecule has 1 aromatic heterocycles. The van der Waals surface area contributed by atoms with E-state index < -0.39 is 17.8 Å². The van der Waals surface area contributed by atoms with Crippen molar-refractivity contribution in [2.24, 2.45) is 0 Å². The molecule has 2 aliphatic rings. The van der Waals surface area contributed by atoms with Crippen molar-refractivity contribution in [1.82, 2.24) is 10.2 Å². The van der Waals surface area contributed by atoms with Gasteiger partial charge in [0.1, 0.15) is 17.1 Å². The van der Waals surface area contributed by atoms with Gasteiger partial charge in [0.05, 0.1) is 12.3 Å². The maximum Gasteiger partial charge on any atom is 0.335 e. The number of piperazine rings is 1. The number of nitrogens with one attached hydrogen (secondary N) is 1. The first kappa shape index (κ1) is 20.7. The summed E-state index contributed by atoms with van der Waals surface area (Å²) in [6.07, 6.45) is 1.37. The highest BCUT2D eigenvalue weighted by Crippen LogP contribution is 2.26. The number of hydrogen-bond acceptors (Lipinski definition) is 7. The summed E-state index contributed by atoms with van der Waals surface area (Å²) in [6.45, 7) is 5.89. The lowest BCUT2D eigenvalue weighted by Gasteiger charge is -2.32. The third kappa shape index (κ3) is 4.31. The molecular formula is C22H24N4O5. The van der Waals surface area contributed by atoms with Crippen molar-refractivity contribution in [2.45, 2.75) is 6.92 Å². The van der Waals surface area contributed by atoms with E-state index in [1.807, 2.05) is 13.0 Å². The van der Waals surface area contributed by atoms with Crippen molar-refractivity contribution in [3.8, 4) is 5.75 Å². The average Bonchev–Trinajstić information content (AvgIpc) is 3.22. The van der Waals surface area contributed by atoms with E-state index in [0.717, 1.165) is 31.1 Å². The van der Waals surface area contributed by atoms with Gasteiger partial charge in [-0.1, -0.05) is 0 Å². The zero-order chi connectivity index (χ0) is 22.0. The molecule has 162 valence electrons. The minimum atomic E-state index is -0.797. The molecule has 1 N–H and O–H groups in total. The number of imide groups is 2. The van der Waals surface area contributed by atoms with Crippen molar-refractivity contribution in [3.63, 3.8) is 0 Å². The molecule has 0 spiro atoms. The van der Waals surface area contributed by atoms with Gasteiger partial charge in [0, 0.05) is 32.2 Å². The van der Waals surface area contributed by atoms with Crippen molar-refractivity contribution < 1.29 is 23.5 Å². The van der Waals surface area contributed by atoms with Crippen molar-refractivity contribution >= 4 is 35.5 Å². The number of benzene rings is 1. The van der Waals surface area contributed by atoms with E-state index in [1.54, 1.807) is 30.3 Å². The summed E-state index contributed by atoms with van der Waals surface area (Å²) in [5, 5.41) is 2.21. The number of hydrogen-bond donors (Lipinski definition) is 1. The Balaban J connectivity index is 1.56. The molecule has 3 heterocycles. The Labute approximate surface area is 179 Å². The molecule has 0 bridgehead atoms. The largest absolute Gasteiger partial charge is 0.494 e. The summed E-state index contributed by atoms with van der Waals surface area (Å²) in [6, 6.07) is 9.23. The highest BCUT2D eigenvalue weighted by Gasteiger charge is 2.37. The number of nitrogens with zero attached hydrogens (tertiary/aromatic N) is 3. The molecule has 4 amide bonds. The average molecular weight is 424 g/mol. The van der Waals surface area contributed by atoms with Gasteiger partial charge in [-0.2, -0.15) is 0 Å². The van der Waals surface area contributed by atoms with Crippen LogP contribution in [0.3, 0.4) is 0 Å². The predicted molar refractivity (Wildman–Crippen MR) is 115 cm³/mol. The molecule has 9 nitrogen and oxygen atoms in total. The Morgan fingerprint density at radius 2 is 1.74 bits per heavy atom. The summed E-state index contributed by atoms with van der Waals surface area (Å²) < 4.78 is 11.2. The number of urea groups is 1. The van der Waals surface area contributed by atoms with Crippen LogP contribution >= 0.6 is 0 Å². The van der Waals surface area contributed by atoms with E-state index in [1.165, 1.54) is 6.08 Å². The fourth-order valence-corrected chi connectivity index (χ4v) is 3.51. The topological polar surface area (TPSA) is 95.3 Å². The quantitative estimate of drug-likeness (QED) is 0.580. The van der Waals surface area contributed by atoms with Crippen LogP contribution in [0.4, 0.5) is 16.4 Å². The number of likely N-dealkylation sites (N-methyl/N-ethyl adjacent to an activating group) is 1. The van der Waals surface area contributed by atoms with E-state index in [9.17, 15) is 14.4 Å². The molecule has 0 saturated carbocycles. The lowest BCUT2D eigenvalue weighted by molar-refractivity contribution is -0.122. The van der Waals surface area contributed by atoms with Crippen LogP contribution in [0, 0.1) is 0 Å².